The number of fused-ring (bicyclic) bond motifs is 1. The molecule has 112 valence electrons. The molecule has 22 heavy (non-hydrogen) atoms. The number of benzene rings is 3. The van der Waals surface area contributed by atoms with Gasteiger partial charge in [-0.25, -0.2) is 0 Å². The van der Waals surface area contributed by atoms with Crippen molar-refractivity contribution in [1.29, 1.82) is 0 Å². The van der Waals surface area contributed by atoms with Crippen LogP contribution >= 0.6 is 0 Å². The first-order chi connectivity index (χ1) is 10.4. The molecule has 0 spiro atoms. The molecule has 0 aliphatic rings. The van der Waals surface area contributed by atoms with E-state index < -0.39 is 0 Å². The number of hydrogen-bond acceptors (Lipinski definition) is 0. The molecule has 0 saturated heterocycles. The SMILES string of the molecule is Cc1cc(Cc2ccccc2C(C)(C)C)c2ccccc2c1. The van der Waals surface area contributed by atoms with E-state index in [9.17, 15) is 0 Å². The molecule has 0 aliphatic carbocycles. The van der Waals surface area contributed by atoms with Crippen molar-refractivity contribution >= 4 is 10.8 Å². The fraction of sp³-hybridized carbons (Fsp3) is 0.273. The normalized spacial score (nSPS) is 11.8. The molecule has 0 fully saturated rings. The number of hydrogen-bond donors (Lipinski definition) is 0. The zero-order valence-electron chi connectivity index (χ0n) is 14.0. The summed E-state index contributed by atoms with van der Waals surface area (Å²) in [6.07, 6.45) is 0.996. The van der Waals surface area contributed by atoms with Crippen LogP contribution in [0.1, 0.15) is 43.0 Å². The fourth-order valence-corrected chi connectivity index (χ4v) is 3.31. The highest BCUT2D eigenvalue weighted by Crippen LogP contribution is 2.29. The average molecular weight is 288 g/mol. The summed E-state index contributed by atoms with van der Waals surface area (Å²) in [6.45, 7) is 9.06. The van der Waals surface area contributed by atoms with Crippen LogP contribution in [0.4, 0.5) is 0 Å². The summed E-state index contributed by atoms with van der Waals surface area (Å²) >= 11 is 0. The van der Waals surface area contributed by atoms with E-state index in [1.807, 2.05) is 0 Å². The van der Waals surface area contributed by atoms with Gasteiger partial charge in [-0.15, -0.1) is 0 Å². The lowest BCUT2D eigenvalue weighted by atomic mass is 9.82. The van der Waals surface area contributed by atoms with Gasteiger partial charge in [0.25, 0.3) is 0 Å². The molecule has 0 radical (unpaired) electrons. The maximum absolute atomic E-state index is 2.34. The first-order valence-corrected chi connectivity index (χ1v) is 8.02. The quantitative estimate of drug-likeness (QED) is 0.539. The first kappa shape index (κ1) is 14.8. The van der Waals surface area contributed by atoms with Gasteiger partial charge in [0.15, 0.2) is 0 Å². The molecule has 0 aromatic heterocycles. The van der Waals surface area contributed by atoms with Crippen molar-refractivity contribution in [3.8, 4) is 0 Å². The Hall–Kier alpha value is -2.08. The highest BCUT2D eigenvalue weighted by molar-refractivity contribution is 5.86. The molecular weight excluding hydrogens is 264 g/mol. The molecule has 0 atom stereocenters. The molecule has 0 heteroatoms. The van der Waals surface area contributed by atoms with Crippen molar-refractivity contribution in [2.24, 2.45) is 0 Å². The van der Waals surface area contributed by atoms with E-state index in [2.05, 4.69) is 88.4 Å². The van der Waals surface area contributed by atoms with E-state index in [1.165, 1.54) is 33.0 Å². The largest absolute Gasteiger partial charge is 0.0620 e. The maximum Gasteiger partial charge on any atom is -0.00166 e. The lowest BCUT2D eigenvalue weighted by Crippen LogP contribution is -2.14. The Morgan fingerprint density at radius 2 is 1.45 bits per heavy atom. The Balaban J connectivity index is 2.12. The Morgan fingerprint density at radius 1 is 0.773 bits per heavy atom. The Labute approximate surface area is 133 Å². The minimum Gasteiger partial charge on any atom is -0.0620 e. The maximum atomic E-state index is 2.34. The predicted molar refractivity (Wildman–Crippen MR) is 96.6 cm³/mol. The predicted octanol–water partition coefficient (Wildman–Crippen LogP) is 6.04. The van der Waals surface area contributed by atoms with Crippen LogP contribution in [0.25, 0.3) is 10.8 Å². The van der Waals surface area contributed by atoms with Crippen LogP contribution in [0.2, 0.25) is 0 Å². The smallest absolute Gasteiger partial charge is 0.00166 e. The van der Waals surface area contributed by atoms with Gasteiger partial charge in [0.05, 0.1) is 0 Å². The Bertz CT molecular complexity index is 804. The van der Waals surface area contributed by atoms with E-state index in [1.54, 1.807) is 0 Å². The summed E-state index contributed by atoms with van der Waals surface area (Å²) in [7, 11) is 0. The molecule has 0 saturated carbocycles. The second kappa shape index (κ2) is 5.61. The van der Waals surface area contributed by atoms with Crippen LogP contribution in [0, 0.1) is 6.92 Å². The van der Waals surface area contributed by atoms with Crippen LogP contribution in [0.5, 0.6) is 0 Å². The summed E-state index contributed by atoms with van der Waals surface area (Å²) in [4.78, 5) is 0. The molecule has 3 rings (SSSR count). The van der Waals surface area contributed by atoms with Gasteiger partial charge in [0, 0.05) is 0 Å². The lowest BCUT2D eigenvalue weighted by Gasteiger charge is -2.23. The molecule has 0 bridgehead atoms. The second-order valence-corrected chi connectivity index (χ2v) is 7.23. The van der Waals surface area contributed by atoms with Crippen molar-refractivity contribution in [2.45, 2.75) is 39.5 Å². The summed E-state index contributed by atoms with van der Waals surface area (Å²) in [5.41, 5.74) is 5.82. The van der Waals surface area contributed by atoms with E-state index in [4.69, 9.17) is 0 Å². The standard InChI is InChI=1S/C22H24/c1-16-13-17-9-5-7-11-20(17)19(14-16)15-18-10-6-8-12-21(18)22(2,3)4/h5-14H,15H2,1-4H3. The highest BCUT2D eigenvalue weighted by Gasteiger charge is 2.17. The molecule has 0 unspecified atom stereocenters. The van der Waals surface area contributed by atoms with Crippen molar-refractivity contribution in [3.63, 3.8) is 0 Å². The van der Waals surface area contributed by atoms with Gasteiger partial charge >= 0.3 is 0 Å². The van der Waals surface area contributed by atoms with Gasteiger partial charge in [0.1, 0.15) is 0 Å². The Kier molecular flexibility index (Phi) is 3.78. The third-order valence-electron chi connectivity index (χ3n) is 4.30. The van der Waals surface area contributed by atoms with Crippen LogP contribution in [-0.2, 0) is 11.8 Å². The van der Waals surface area contributed by atoms with Crippen molar-refractivity contribution in [1.82, 2.24) is 0 Å². The minimum atomic E-state index is 0.177. The summed E-state index contributed by atoms with van der Waals surface area (Å²) in [5, 5.41) is 2.71. The molecular formula is C22H24. The summed E-state index contributed by atoms with van der Waals surface area (Å²) in [6, 6.07) is 22.2. The molecule has 0 aliphatic heterocycles. The van der Waals surface area contributed by atoms with E-state index in [0.29, 0.717) is 0 Å². The van der Waals surface area contributed by atoms with Gasteiger partial charge in [-0.1, -0.05) is 87.0 Å². The third-order valence-corrected chi connectivity index (χ3v) is 4.30. The van der Waals surface area contributed by atoms with Crippen molar-refractivity contribution in [3.05, 3.63) is 82.9 Å². The minimum absolute atomic E-state index is 0.177. The van der Waals surface area contributed by atoms with E-state index >= 15 is 0 Å². The van der Waals surface area contributed by atoms with E-state index in [0.717, 1.165) is 6.42 Å². The van der Waals surface area contributed by atoms with Crippen molar-refractivity contribution < 1.29 is 0 Å². The molecule has 0 amide bonds. The van der Waals surface area contributed by atoms with Gasteiger partial charge in [-0.2, -0.15) is 0 Å². The van der Waals surface area contributed by atoms with Crippen LogP contribution in [0.15, 0.2) is 60.7 Å². The van der Waals surface area contributed by atoms with Gasteiger partial charge in [0.2, 0.25) is 0 Å². The Morgan fingerprint density at radius 3 is 2.23 bits per heavy atom. The van der Waals surface area contributed by atoms with E-state index in [-0.39, 0.29) is 5.41 Å². The monoisotopic (exact) mass is 288 g/mol. The topological polar surface area (TPSA) is 0 Å². The lowest BCUT2D eigenvalue weighted by molar-refractivity contribution is 0.584. The molecule has 3 aromatic rings. The average Bonchev–Trinajstić information content (AvgIpc) is 2.46. The highest BCUT2D eigenvalue weighted by atomic mass is 14.2. The van der Waals surface area contributed by atoms with Crippen LogP contribution in [-0.4, -0.2) is 0 Å². The number of rotatable bonds is 2. The first-order valence-electron chi connectivity index (χ1n) is 8.02. The molecule has 0 N–H and O–H groups in total. The zero-order chi connectivity index (χ0) is 15.7. The zero-order valence-corrected chi connectivity index (χ0v) is 14.0. The summed E-state index contributed by atoms with van der Waals surface area (Å²) < 4.78 is 0. The van der Waals surface area contributed by atoms with Gasteiger partial charge in [-0.3, -0.25) is 0 Å². The van der Waals surface area contributed by atoms with Crippen LogP contribution in [0.3, 0.4) is 0 Å². The van der Waals surface area contributed by atoms with Gasteiger partial charge < -0.3 is 0 Å². The van der Waals surface area contributed by atoms with Crippen LogP contribution < -0.4 is 0 Å². The second-order valence-electron chi connectivity index (χ2n) is 7.23. The van der Waals surface area contributed by atoms with Gasteiger partial charge in [-0.05, 0) is 46.2 Å². The molecule has 0 nitrogen and oxygen atoms in total. The fourth-order valence-electron chi connectivity index (χ4n) is 3.31. The molecule has 0 heterocycles. The molecule has 3 aromatic carbocycles. The van der Waals surface area contributed by atoms with Crippen molar-refractivity contribution in [2.75, 3.05) is 0 Å². The summed E-state index contributed by atoms with van der Waals surface area (Å²) in [5.74, 6) is 0. The number of aryl methyl sites for hydroxylation is 1. The third kappa shape index (κ3) is 2.92.